The summed E-state index contributed by atoms with van der Waals surface area (Å²) in [4.78, 5) is 19.6. The molecule has 0 aliphatic carbocycles. The second-order valence-electron chi connectivity index (χ2n) is 6.50. The molecule has 2 heterocycles. The van der Waals surface area contributed by atoms with E-state index in [1.54, 1.807) is 24.5 Å². The van der Waals surface area contributed by atoms with E-state index in [1.165, 1.54) is 6.07 Å². The van der Waals surface area contributed by atoms with Gasteiger partial charge < -0.3 is 9.84 Å². The van der Waals surface area contributed by atoms with Gasteiger partial charge in [-0.3, -0.25) is 15.1 Å². The molecule has 29 heavy (non-hydrogen) atoms. The number of rotatable bonds is 6. The second kappa shape index (κ2) is 7.89. The summed E-state index contributed by atoms with van der Waals surface area (Å²) in [5, 5.41) is 18.6. The minimum atomic E-state index is -0.438. The third-order valence-electron chi connectivity index (χ3n) is 4.35. The van der Waals surface area contributed by atoms with Gasteiger partial charge in [0.2, 0.25) is 5.82 Å². The Labute approximate surface area is 166 Å². The third kappa shape index (κ3) is 4.11. The molecule has 144 valence electrons. The van der Waals surface area contributed by atoms with E-state index in [2.05, 4.69) is 20.4 Å². The van der Waals surface area contributed by atoms with Crippen molar-refractivity contribution < 1.29 is 9.45 Å². The van der Waals surface area contributed by atoms with E-state index >= 15 is 0 Å². The molecular formula is C21H17N5O3. The van der Waals surface area contributed by atoms with E-state index in [4.69, 9.17) is 4.52 Å². The van der Waals surface area contributed by atoms with Crippen LogP contribution in [0.5, 0.6) is 0 Å². The average Bonchev–Trinajstić information content (AvgIpc) is 3.23. The van der Waals surface area contributed by atoms with Gasteiger partial charge >= 0.3 is 0 Å². The van der Waals surface area contributed by atoms with Crippen LogP contribution >= 0.6 is 0 Å². The van der Waals surface area contributed by atoms with Crippen LogP contribution < -0.4 is 5.32 Å². The summed E-state index contributed by atoms with van der Waals surface area (Å²) in [5.74, 6) is 0.661. The Balaban J connectivity index is 1.60. The van der Waals surface area contributed by atoms with Gasteiger partial charge in [-0.1, -0.05) is 35.0 Å². The van der Waals surface area contributed by atoms with Crippen LogP contribution in [0.3, 0.4) is 0 Å². The van der Waals surface area contributed by atoms with Crippen LogP contribution in [0.15, 0.2) is 71.5 Å². The summed E-state index contributed by atoms with van der Waals surface area (Å²) in [7, 11) is 0. The van der Waals surface area contributed by atoms with Crippen LogP contribution in [0, 0.1) is 17.0 Å². The Kier molecular flexibility index (Phi) is 4.98. The Hall–Kier alpha value is -4.07. The number of aryl methyl sites for hydroxylation is 1. The Bertz CT molecular complexity index is 1160. The van der Waals surface area contributed by atoms with E-state index < -0.39 is 4.92 Å². The molecule has 4 aromatic rings. The molecule has 0 unspecified atom stereocenters. The van der Waals surface area contributed by atoms with Crippen molar-refractivity contribution in [1.82, 2.24) is 15.1 Å². The van der Waals surface area contributed by atoms with E-state index in [1.807, 2.05) is 43.3 Å². The maximum Gasteiger partial charge on any atom is 0.293 e. The molecule has 0 aliphatic rings. The van der Waals surface area contributed by atoms with Gasteiger partial charge in [-0.2, -0.15) is 4.98 Å². The molecule has 2 aromatic carbocycles. The van der Waals surface area contributed by atoms with Crippen molar-refractivity contribution in [1.29, 1.82) is 0 Å². The minimum Gasteiger partial charge on any atom is -0.375 e. The molecule has 0 saturated carbocycles. The van der Waals surface area contributed by atoms with Gasteiger partial charge in [-0.25, -0.2) is 0 Å². The fourth-order valence-electron chi connectivity index (χ4n) is 2.91. The summed E-state index contributed by atoms with van der Waals surface area (Å²) >= 11 is 0. The standard InChI is InChI=1S/C21H17N5O3/c1-14-4-2-6-16(10-14)20-24-21(29-25-20)17-7-8-18(19(11-17)26(27)28)23-13-15-5-3-9-22-12-15/h2-12,23H,13H2,1H3. The van der Waals surface area contributed by atoms with Crippen molar-refractivity contribution in [3.63, 3.8) is 0 Å². The molecule has 4 rings (SSSR count). The zero-order valence-corrected chi connectivity index (χ0v) is 15.6. The number of anilines is 1. The highest BCUT2D eigenvalue weighted by Gasteiger charge is 2.18. The van der Waals surface area contributed by atoms with E-state index in [9.17, 15) is 10.1 Å². The number of hydrogen-bond donors (Lipinski definition) is 1. The van der Waals surface area contributed by atoms with Gasteiger partial charge in [0.25, 0.3) is 11.6 Å². The summed E-state index contributed by atoms with van der Waals surface area (Å²) < 4.78 is 5.34. The van der Waals surface area contributed by atoms with Gasteiger partial charge in [0.1, 0.15) is 5.69 Å². The van der Waals surface area contributed by atoms with Crippen LogP contribution in [-0.4, -0.2) is 20.0 Å². The van der Waals surface area contributed by atoms with Crippen LogP contribution in [0.4, 0.5) is 11.4 Å². The van der Waals surface area contributed by atoms with E-state index in [-0.39, 0.29) is 11.6 Å². The number of hydrogen-bond acceptors (Lipinski definition) is 7. The van der Waals surface area contributed by atoms with Crippen LogP contribution in [0.1, 0.15) is 11.1 Å². The fraction of sp³-hybridized carbons (Fsp3) is 0.0952. The van der Waals surface area contributed by atoms with Gasteiger partial charge in [0.05, 0.1) is 4.92 Å². The average molecular weight is 387 g/mol. The first kappa shape index (κ1) is 18.3. The molecule has 0 amide bonds. The highest BCUT2D eigenvalue weighted by molar-refractivity contribution is 5.70. The Morgan fingerprint density at radius 2 is 2.00 bits per heavy atom. The Morgan fingerprint density at radius 1 is 1.10 bits per heavy atom. The molecular weight excluding hydrogens is 370 g/mol. The van der Waals surface area contributed by atoms with Gasteiger partial charge in [-0.15, -0.1) is 0 Å². The van der Waals surface area contributed by atoms with Crippen LogP contribution in [0.2, 0.25) is 0 Å². The maximum atomic E-state index is 11.6. The minimum absolute atomic E-state index is 0.0679. The normalized spacial score (nSPS) is 10.7. The Morgan fingerprint density at radius 3 is 2.76 bits per heavy atom. The zero-order chi connectivity index (χ0) is 20.2. The van der Waals surface area contributed by atoms with Gasteiger partial charge in [-0.05, 0) is 36.8 Å². The largest absolute Gasteiger partial charge is 0.375 e. The maximum absolute atomic E-state index is 11.6. The molecule has 8 nitrogen and oxygen atoms in total. The molecule has 1 N–H and O–H groups in total. The lowest BCUT2D eigenvalue weighted by Crippen LogP contribution is -2.03. The van der Waals surface area contributed by atoms with E-state index in [0.29, 0.717) is 23.6 Å². The number of nitrogens with zero attached hydrogens (tertiary/aromatic N) is 4. The van der Waals surface area contributed by atoms with E-state index in [0.717, 1.165) is 16.7 Å². The number of benzene rings is 2. The summed E-state index contributed by atoms with van der Waals surface area (Å²) in [6.45, 7) is 2.40. The fourth-order valence-corrected chi connectivity index (χ4v) is 2.91. The summed E-state index contributed by atoms with van der Waals surface area (Å²) in [6, 6.07) is 16.2. The second-order valence-corrected chi connectivity index (χ2v) is 6.50. The number of pyridine rings is 1. The first-order valence-electron chi connectivity index (χ1n) is 8.92. The highest BCUT2D eigenvalue weighted by atomic mass is 16.6. The SMILES string of the molecule is Cc1cccc(-c2noc(-c3ccc(NCc4cccnc4)c([N+](=O)[O-])c3)n2)c1. The summed E-state index contributed by atoms with van der Waals surface area (Å²) in [5.41, 5.74) is 3.64. The lowest BCUT2D eigenvalue weighted by molar-refractivity contribution is -0.383. The lowest BCUT2D eigenvalue weighted by atomic mass is 10.1. The van der Waals surface area contributed by atoms with Gasteiger partial charge in [0.15, 0.2) is 0 Å². The summed E-state index contributed by atoms with van der Waals surface area (Å²) in [6.07, 6.45) is 3.38. The molecule has 0 fully saturated rings. The van der Waals surface area contributed by atoms with Crippen molar-refractivity contribution in [2.75, 3.05) is 5.32 Å². The van der Waals surface area contributed by atoms with Crippen molar-refractivity contribution in [2.45, 2.75) is 13.5 Å². The van der Waals surface area contributed by atoms with Crippen molar-refractivity contribution in [3.05, 3.63) is 88.2 Å². The lowest BCUT2D eigenvalue weighted by Gasteiger charge is -2.07. The predicted octanol–water partition coefficient (Wildman–Crippen LogP) is 4.63. The molecule has 0 bridgehead atoms. The number of nitro groups is 1. The topological polar surface area (TPSA) is 107 Å². The molecule has 0 radical (unpaired) electrons. The van der Waals surface area contributed by atoms with Gasteiger partial charge in [0, 0.05) is 36.1 Å². The highest BCUT2D eigenvalue weighted by Crippen LogP contribution is 2.31. The van der Waals surface area contributed by atoms with Crippen LogP contribution in [-0.2, 0) is 6.54 Å². The predicted molar refractivity (Wildman–Crippen MR) is 108 cm³/mol. The molecule has 2 aromatic heterocycles. The quantitative estimate of drug-likeness (QED) is 0.380. The first-order valence-corrected chi connectivity index (χ1v) is 8.92. The molecule has 0 atom stereocenters. The van der Waals surface area contributed by atoms with Crippen molar-refractivity contribution >= 4 is 11.4 Å². The zero-order valence-electron chi connectivity index (χ0n) is 15.6. The smallest absolute Gasteiger partial charge is 0.293 e. The molecule has 8 heteroatoms. The van der Waals surface area contributed by atoms with Crippen molar-refractivity contribution in [3.8, 4) is 22.8 Å². The van der Waals surface area contributed by atoms with Crippen molar-refractivity contribution in [2.24, 2.45) is 0 Å². The molecule has 0 spiro atoms. The number of nitrogens with one attached hydrogen (secondary N) is 1. The number of nitro benzene ring substituents is 1. The monoisotopic (exact) mass is 387 g/mol. The molecule has 0 aliphatic heterocycles. The molecule has 0 saturated heterocycles. The third-order valence-corrected chi connectivity index (χ3v) is 4.35. The number of aromatic nitrogens is 3. The first-order chi connectivity index (χ1) is 14.1. The van der Waals surface area contributed by atoms with Crippen LogP contribution in [0.25, 0.3) is 22.8 Å².